The predicted molar refractivity (Wildman–Crippen MR) is 87.4 cm³/mol. The molecule has 3 rings (SSSR count). The first-order chi connectivity index (χ1) is 9.76. The first kappa shape index (κ1) is 13.7. The molecule has 0 saturated carbocycles. The molecule has 0 radical (unpaired) electrons. The Kier molecular flexibility index (Phi) is 4.08. The number of rotatable bonds is 4. The quantitative estimate of drug-likeness (QED) is 0.922. The molecule has 0 spiro atoms. The first-order valence-corrected chi connectivity index (χ1v) is 8.13. The van der Waals surface area contributed by atoms with Crippen molar-refractivity contribution in [2.24, 2.45) is 5.92 Å². The third-order valence-corrected chi connectivity index (χ3v) is 4.92. The Labute approximate surface area is 125 Å². The van der Waals surface area contributed by atoms with Gasteiger partial charge in [0.15, 0.2) is 0 Å². The highest BCUT2D eigenvalue weighted by Gasteiger charge is 2.21. The Hall–Kier alpha value is -1.32. The molecule has 0 bridgehead atoms. The van der Waals surface area contributed by atoms with Gasteiger partial charge in [0, 0.05) is 28.5 Å². The van der Waals surface area contributed by atoms with E-state index < -0.39 is 0 Å². The first-order valence-electron chi connectivity index (χ1n) is 7.31. The summed E-state index contributed by atoms with van der Waals surface area (Å²) in [6, 6.07) is 13.4. The van der Waals surface area contributed by atoms with Gasteiger partial charge >= 0.3 is 0 Å². The van der Waals surface area contributed by atoms with Gasteiger partial charge in [-0.1, -0.05) is 25.1 Å². The van der Waals surface area contributed by atoms with E-state index in [2.05, 4.69) is 53.5 Å². The molecule has 3 heteroatoms. The van der Waals surface area contributed by atoms with Gasteiger partial charge < -0.3 is 10.2 Å². The zero-order chi connectivity index (χ0) is 13.9. The highest BCUT2D eigenvalue weighted by molar-refractivity contribution is 7.12. The Balaban J connectivity index is 1.79. The summed E-state index contributed by atoms with van der Waals surface area (Å²) in [5.74, 6) is 0.738. The van der Waals surface area contributed by atoms with E-state index in [0.29, 0.717) is 0 Å². The normalized spacial score (nSPS) is 18.1. The molecule has 1 aromatic heterocycles. The van der Waals surface area contributed by atoms with Gasteiger partial charge in [-0.2, -0.15) is 0 Å². The highest BCUT2D eigenvalue weighted by Crippen LogP contribution is 2.31. The lowest BCUT2D eigenvalue weighted by Gasteiger charge is -2.34. The molecule has 106 valence electrons. The van der Waals surface area contributed by atoms with Crippen LogP contribution in [0.25, 0.3) is 0 Å². The fourth-order valence-corrected chi connectivity index (χ4v) is 4.07. The molecule has 2 nitrogen and oxygen atoms in total. The van der Waals surface area contributed by atoms with E-state index in [1.165, 1.54) is 27.4 Å². The maximum atomic E-state index is 3.22. The number of hydrogen-bond acceptors (Lipinski definition) is 3. The van der Waals surface area contributed by atoms with E-state index >= 15 is 0 Å². The Bertz CT molecular complexity index is 576. The van der Waals surface area contributed by atoms with Gasteiger partial charge in [-0.3, -0.25) is 0 Å². The van der Waals surface area contributed by atoms with Crippen LogP contribution in [0.4, 0.5) is 5.69 Å². The monoisotopic (exact) mass is 286 g/mol. The molecule has 1 aromatic carbocycles. The van der Waals surface area contributed by atoms with E-state index in [0.717, 1.165) is 25.6 Å². The van der Waals surface area contributed by atoms with Crippen molar-refractivity contribution in [2.75, 3.05) is 18.5 Å². The third kappa shape index (κ3) is 2.89. The highest BCUT2D eigenvalue weighted by atomic mass is 32.1. The van der Waals surface area contributed by atoms with E-state index in [9.17, 15) is 0 Å². The van der Waals surface area contributed by atoms with Crippen LogP contribution >= 0.6 is 11.3 Å². The molecule has 1 atom stereocenters. The van der Waals surface area contributed by atoms with E-state index in [1.807, 2.05) is 18.4 Å². The zero-order valence-corrected chi connectivity index (χ0v) is 13.0. The van der Waals surface area contributed by atoms with Gasteiger partial charge in [-0.25, -0.2) is 0 Å². The summed E-state index contributed by atoms with van der Waals surface area (Å²) in [5.41, 5.74) is 2.92. The maximum Gasteiger partial charge on any atom is 0.0523 e. The maximum absolute atomic E-state index is 3.22. The molecule has 2 heterocycles. The minimum absolute atomic E-state index is 0.738. The molecule has 20 heavy (non-hydrogen) atoms. The van der Waals surface area contributed by atoms with E-state index in [1.54, 1.807) is 0 Å². The lowest BCUT2D eigenvalue weighted by Crippen LogP contribution is -2.33. The number of nitrogens with zero attached hydrogens (tertiary/aromatic N) is 1. The van der Waals surface area contributed by atoms with Crippen molar-refractivity contribution in [2.45, 2.75) is 26.4 Å². The second-order valence-electron chi connectivity index (χ2n) is 5.72. The molecule has 1 N–H and O–H groups in total. The summed E-state index contributed by atoms with van der Waals surface area (Å²) >= 11 is 1.92. The summed E-state index contributed by atoms with van der Waals surface area (Å²) < 4.78 is 0. The van der Waals surface area contributed by atoms with Crippen molar-refractivity contribution in [3.63, 3.8) is 0 Å². The summed E-state index contributed by atoms with van der Waals surface area (Å²) in [6.07, 6.45) is 1.21. The molecular weight excluding hydrogens is 264 g/mol. The van der Waals surface area contributed by atoms with Gasteiger partial charge in [0.2, 0.25) is 0 Å². The van der Waals surface area contributed by atoms with Gasteiger partial charge in [-0.15, -0.1) is 11.3 Å². The largest absolute Gasteiger partial charge is 0.366 e. The van der Waals surface area contributed by atoms with Crippen molar-refractivity contribution in [1.29, 1.82) is 0 Å². The number of nitrogens with one attached hydrogen (secondary N) is 1. The van der Waals surface area contributed by atoms with E-state index in [-0.39, 0.29) is 0 Å². The number of fused-ring (bicyclic) bond motifs is 1. The van der Waals surface area contributed by atoms with Gasteiger partial charge in [-0.05, 0) is 43.1 Å². The topological polar surface area (TPSA) is 15.3 Å². The van der Waals surface area contributed by atoms with Crippen molar-refractivity contribution in [3.05, 3.63) is 51.7 Å². The Morgan fingerprint density at radius 3 is 2.85 bits per heavy atom. The standard InChI is InChI=1S/C17H22N2S/c1-13-9-14-5-3-4-6-17(14)19(11-13)12-16-8-7-15(20-16)10-18-2/h3-8,13,18H,9-12H2,1-2H3. The number of anilines is 1. The summed E-state index contributed by atoms with van der Waals surface area (Å²) in [6.45, 7) is 5.52. The third-order valence-electron chi connectivity index (χ3n) is 3.85. The zero-order valence-electron chi connectivity index (χ0n) is 12.2. The van der Waals surface area contributed by atoms with Crippen LogP contribution in [-0.4, -0.2) is 13.6 Å². The fourth-order valence-electron chi connectivity index (χ4n) is 3.02. The minimum atomic E-state index is 0.738. The Morgan fingerprint density at radius 2 is 2.00 bits per heavy atom. The van der Waals surface area contributed by atoms with E-state index in [4.69, 9.17) is 0 Å². The van der Waals surface area contributed by atoms with Crippen molar-refractivity contribution >= 4 is 17.0 Å². The smallest absolute Gasteiger partial charge is 0.0523 e. The fraction of sp³-hybridized carbons (Fsp3) is 0.412. The van der Waals surface area contributed by atoms with Crippen LogP contribution in [0.5, 0.6) is 0 Å². The van der Waals surface area contributed by atoms with Crippen LogP contribution in [-0.2, 0) is 19.5 Å². The number of hydrogen-bond donors (Lipinski definition) is 1. The van der Waals surface area contributed by atoms with Crippen LogP contribution in [0.3, 0.4) is 0 Å². The number of para-hydroxylation sites is 1. The van der Waals surface area contributed by atoms with Gasteiger partial charge in [0.25, 0.3) is 0 Å². The second-order valence-corrected chi connectivity index (χ2v) is 6.97. The van der Waals surface area contributed by atoms with Crippen LogP contribution < -0.4 is 10.2 Å². The summed E-state index contributed by atoms with van der Waals surface area (Å²) in [5, 5.41) is 3.22. The predicted octanol–water partition coefficient (Wildman–Crippen LogP) is 3.67. The Morgan fingerprint density at radius 1 is 1.20 bits per heavy atom. The van der Waals surface area contributed by atoms with Crippen LogP contribution in [0.1, 0.15) is 22.2 Å². The lowest BCUT2D eigenvalue weighted by molar-refractivity contribution is 0.531. The van der Waals surface area contributed by atoms with Gasteiger partial charge in [0.05, 0.1) is 6.54 Å². The van der Waals surface area contributed by atoms with Crippen molar-refractivity contribution < 1.29 is 0 Å². The molecule has 1 aliphatic rings. The molecule has 1 aliphatic heterocycles. The van der Waals surface area contributed by atoms with Crippen LogP contribution in [0, 0.1) is 5.92 Å². The molecular formula is C17H22N2S. The van der Waals surface area contributed by atoms with Gasteiger partial charge in [0.1, 0.15) is 0 Å². The average Bonchev–Trinajstić information content (AvgIpc) is 2.86. The van der Waals surface area contributed by atoms with Crippen molar-refractivity contribution in [1.82, 2.24) is 5.32 Å². The molecule has 0 fully saturated rings. The molecule has 0 aliphatic carbocycles. The molecule has 1 unspecified atom stereocenters. The minimum Gasteiger partial charge on any atom is -0.366 e. The number of benzene rings is 1. The second kappa shape index (κ2) is 5.98. The van der Waals surface area contributed by atoms with Crippen LogP contribution in [0.2, 0.25) is 0 Å². The molecule has 0 amide bonds. The average molecular weight is 286 g/mol. The number of thiophene rings is 1. The summed E-state index contributed by atoms with van der Waals surface area (Å²) in [4.78, 5) is 5.42. The summed E-state index contributed by atoms with van der Waals surface area (Å²) in [7, 11) is 2.00. The van der Waals surface area contributed by atoms with Crippen LogP contribution in [0.15, 0.2) is 36.4 Å². The van der Waals surface area contributed by atoms with Crippen molar-refractivity contribution in [3.8, 4) is 0 Å². The molecule has 0 saturated heterocycles. The molecule has 2 aromatic rings. The lowest BCUT2D eigenvalue weighted by atomic mass is 9.94. The SMILES string of the molecule is CNCc1ccc(CN2CC(C)Cc3ccccc32)s1.